The molecule has 0 bridgehead atoms. The van der Waals surface area contributed by atoms with Crippen molar-refractivity contribution < 1.29 is 103 Å². The number of rotatable bonds is 12. The van der Waals surface area contributed by atoms with Crippen molar-refractivity contribution in [3.05, 3.63) is 149 Å². The van der Waals surface area contributed by atoms with Gasteiger partial charge in [0.25, 0.3) is 20.2 Å². The molecule has 1 aliphatic rings. The maximum atomic E-state index is 12.0. The van der Waals surface area contributed by atoms with Crippen molar-refractivity contribution in [3.8, 4) is 0 Å². The largest absolute Gasteiger partial charge is 1.00 e. The van der Waals surface area contributed by atoms with Gasteiger partial charge in [0.05, 0.1) is 4.90 Å². The summed E-state index contributed by atoms with van der Waals surface area (Å²) in [4.78, 5) is 0.932. The first kappa shape index (κ1) is 48.0. The van der Waals surface area contributed by atoms with E-state index in [4.69, 9.17) is 0 Å². The average Bonchev–Trinajstić information content (AvgIpc) is 3.10. The number of hydrogen-bond donors (Lipinski definition) is 2. The fraction of sp³-hybridized carbons (Fsp3) is 0.162. The topological polar surface area (TPSA) is 172 Å². The standard InChI is InChI=1S/C37H35N2O9S3.Al.2Na/c1-3-38(25-27-9-7-12-34(23-27)49(40,41)42)32-19-15-28(16-20-32)37(30-11-8-13-35(24-30)50(43,44)45)29-17-21-33(22-18-29)39(4-2)26-31-10-5-6-14-36(31)51(46,47)48;;;/h5-13,15-23H,3-4,25-26H2,1-2H3,(H,40,41,42)(H,43,44,45)(H,46,47,48);;;/q-1;;2*+1/p-1. The van der Waals surface area contributed by atoms with E-state index in [-0.39, 0.29) is 92.8 Å². The quantitative estimate of drug-likeness (QED) is 0.0778. The van der Waals surface area contributed by atoms with Crippen molar-refractivity contribution in [2.45, 2.75) is 41.6 Å². The van der Waals surface area contributed by atoms with Crippen LogP contribution in [0.2, 0.25) is 0 Å². The summed E-state index contributed by atoms with van der Waals surface area (Å²) in [6.45, 7) is 5.43. The minimum Gasteiger partial charge on any atom is -0.744 e. The fourth-order valence-electron chi connectivity index (χ4n) is 5.72. The van der Waals surface area contributed by atoms with Crippen molar-refractivity contribution in [1.82, 2.24) is 0 Å². The van der Waals surface area contributed by atoms with E-state index in [1.54, 1.807) is 24.3 Å². The molecule has 1 aliphatic carbocycles. The number of allylic oxidation sites excluding steroid dienone is 5. The van der Waals surface area contributed by atoms with Gasteiger partial charge in [-0.2, -0.15) is 41.1 Å². The molecule has 3 radical (unpaired) electrons. The maximum Gasteiger partial charge on any atom is 1.00 e. The molecule has 11 nitrogen and oxygen atoms in total. The molecule has 54 heavy (non-hydrogen) atoms. The Morgan fingerprint density at radius 2 is 1.46 bits per heavy atom. The van der Waals surface area contributed by atoms with Crippen molar-refractivity contribution in [2.24, 2.45) is 0 Å². The van der Waals surface area contributed by atoms with Crippen LogP contribution in [-0.4, -0.2) is 79.6 Å². The summed E-state index contributed by atoms with van der Waals surface area (Å²) in [5, 5.41) is 0. The van der Waals surface area contributed by atoms with Crippen LogP contribution in [0, 0.1) is 12.1 Å². The third kappa shape index (κ3) is 12.2. The molecule has 269 valence electrons. The summed E-state index contributed by atoms with van der Waals surface area (Å²) in [5.41, 5.74) is 4.99. The molecule has 17 heteroatoms. The van der Waals surface area contributed by atoms with E-state index < -0.39 is 35.2 Å². The van der Waals surface area contributed by atoms with Gasteiger partial charge in [0.2, 0.25) is 0 Å². The van der Waals surface area contributed by atoms with Gasteiger partial charge < -0.3 is 9.45 Å². The van der Waals surface area contributed by atoms with E-state index in [9.17, 15) is 38.9 Å². The molecule has 0 amide bonds. The molecule has 4 aromatic rings. The maximum absolute atomic E-state index is 12.0. The minimum atomic E-state index is -4.61. The van der Waals surface area contributed by atoms with Crippen LogP contribution in [0.4, 0.5) is 5.69 Å². The molecule has 0 atom stereocenters. The number of nitrogens with zero attached hydrogens (tertiary/aromatic N) is 2. The van der Waals surface area contributed by atoms with Gasteiger partial charge in [0, 0.05) is 52.2 Å². The van der Waals surface area contributed by atoms with Crippen LogP contribution in [0.5, 0.6) is 0 Å². The van der Waals surface area contributed by atoms with Crippen molar-refractivity contribution >= 4 is 64.7 Å². The van der Waals surface area contributed by atoms with Crippen molar-refractivity contribution in [3.63, 3.8) is 0 Å². The average molecular weight is 820 g/mol. The van der Waals surface area contributed by atoms with Gasteiger partial charge in [-0.1, -0.05) is 53.1 Å². The second kappa shape index (κ2) is 20.3. The predicted octanol–water partition coefficient (Wildman–Crippen LogP) is -1.06. The first-order valence-corrected chi connectivity index (χ1v) is 20.0. The second-order valence-electron chi connectivity index (χ2n) is 11.5. The summed E-state index contributed by atoms with van der Waals surface area (Å²) in [7, 11) is -13.6. The Kier molecular flexibility index (Phi) is 18.0. The fourth-order valence-corrected chi connectivity index (χ4v) is 7.43. The monoisotopic (exact) mass is 819 g/mol. The Morgan fingerprint density at radius 1 is 0.815 bits per heavy atom. The van der Waals surface area contributed by atoms with E-state index in [0.29, 0.717) is 53.0 Å². The molecule has 0 spiro atoms. The molecule has 0 aliphatic heterocycles. The third-order valence-electron chi connectivity index (χ3n) is 8.20. The van der Waals surface area contributed by atoms with Crippen LogP contribution in [0.3, 0.4) is 0 Å². The Hall–Kier alpha value is -2.17. The summed E-state index contributed by atoms with van der Waals surface area (Å²) in [6, 6.07) is 27.8. The molecule has 0 unspecified atom stereocenters. The van der Waals surface area contributed by atoms with Crippen LogP contribution >= 0.6 is 0 Å². The van der Waals surface area contributed by atoms with Crippen molar-refractivity contribution in [2.75, 3.05) is 18.0 Å². The summed E-state index contributed by atoms with van der Waals surface area (Å²) >= 11 is 0. The van der Waals surface area contributed by atoms with Crippen LogP contribution in [0.15, 0.2) is 129 Å². The number of anilines is 1. The molecule has 0 heterocycles. The van der Waals surface area contributed by atoms with Gasteiger partial charge in [-0.3, -0.25) is 9.11 Å². The van der Waals surface area contributed by atoms with Crippen LogP contribution in [-0.2, 0) is 43.4 Å². The van der Waals surface area contributed by atoms with Gasteiger partial charge in [0.1, 0.15) is 16.7 Å². The van der Waals surface area contributed by atoms with Crippen molar-refractivity contribution in [1.29, 1.82) is 0 Å². The SMILES string of the molecule is CCN(Cc1ccc[c-]c1S(=O)(=O)O)c1ccc(C(=C2C=CC(=[N+](CC)Cc3cccc(S(=O)(=O)[O-])c3)C=C2)c2[c-]c(S(=O)(=O)O)ccc2)cc1.[Al].[Na+].[Na+]. The smallest absolute Gasteiger partial charge is 0.744 e. The predicted molar refractivity (Wildman–Crippen MR) is 197 cm³/mol. The van der Waals surface area contributed by atoms with Crippen LogP contribution < -0.4 is 64.0 Å². The normalized spacial score (nSPS) is 12.6. The Morgan fingerprint density at radius 3 is 2.04 bits per heavy atom. The second-order valence-corrected chi connectivity index (χ2v) is 15.6. The molecule has 0 fully saturated rings. The van der Waals surface area contributed by atoms with E-state index in [0.717, 1.165) is 11.4 Å². The Bertz CT molecular complexity index is 2420. The Labute approximate surface area is 372 Å². The zero-order valence-corrected chi connectivity index (χ0v) is 37.8. The van der Waals surface area contributed by atoms with Crippen LogP contribution in [0.1, 0.15) is 36.1 Å². The van der Waals surface area contributed by atoms with Gasteiger partial charge in [-0.15, -0.1) is 35.4 Å². The van der Waals surface area contributed by atoms with E-state index >= 15 is 0 Å². The molecule has 2 N–H and O–H groups in total. The van der Waals surface area contributed by atoms with Gasteiger partial charge in [-0.25, -0.2) is 13.0 Å². The minimum absolute atomic E-state index is 0. The van der Waals surface area contributed by atoms with E-state index in [1.807, 2.05) is 71.9 Å². The van der Waals surface area contributed by atoms with Gasteiger partial charge >= 0.3 is 59.1 Å². The Balaban J connectivity index is 0.00000336. The molecular weight excluding hydrogens is 786 g/mol. The van der Waals surface area contributed by atoms with Gasteiger partial charge in [-0.05, 0) is 49.6 Å². The zero-order valence-electron chi connectivity index (χ0n) is 30.2. The summed E-state index contributed by atoms with van der Waals surface area (Å²) < 4.78 is 104. The molecular formula is C37H34AlN2Na2O9S3. The molecule has 0 saturated carbocycles. The molecule has 5 rings (SSSR count). The first-order chi connectivity index (χ1) is 24.1. The van der Waals surface area contributed by atoms with Gasteiger partial charge in [0.15, 0.2) is 12.3 Å². The molecule has 0 saturated heterocycles. The third-order valence-corrected chi connectivity index (χ3v) is 10.7. The zero-order chi connectivity index (χ0) is 37.0. The van der Waals surface area contributed by atoms with Crippen LogP contribution in [0.25, 0.3) is 5.57 Å². The van der Waals surface area contributed by atoms with E-state index in [2.05, 4.69) is 12.1 Å². The number of hydrogen-bond acceptors (Lipinski definition) is 8. The number of benzene rings is 4. The first-order valence-electron chi connectivity index (χ1n) is 15.7. The molecule has 0 aromatic heterocycles. The summed E-state index contributed by atoms with van der Waals surface area (Å²) in [6.07, 6.45) is 7.46. The molecule has 4 aromatic carbocycles. The van der Waals surface area contributed by atoms with E-state index in [1.165, 1.54) is 36.4 Å². The summed E-state index contributed by atoms with van der Waals surface area (Å²) in [5.74, 6) is 0.